The van der Waals surface area contributed by atoms with Crippen molar-refractivity contribution in [2.75, 3.05) is 18.0 Å². The molecule has 0 saturated carbocycles. The zero-order valence-corrected chi connectivity index (χ0v) is 28.2. The molecule has 0 radical (unpaired) electrons. The van der Waals surface area contributed by atoms with Crippen molar-refractivity contribution in [2.24, 2.45) is 0 Å². The number of ether oxygens (including phenoxy) is 1. The van der Waals surface area contributed by atoms with Crippen molar-refractivity contribution < 1.29 is 22.7 Å². The Morgan fingerprint density at radius 1 is 0.783 bits per heavy atom. The van der Waals surface area contributed by atoms with E-state index in [-0.39, 0.29) is 35.5 Å². The Labute approximate surface area is 273 Å². The first-order valence-electron chi connectivity index (χ1n) is 15.3. The zero-order chi connectivity index (χ0) is 33.4. The van der Waals surface area contributed by atoms with Crippen LogP contribution in [-0.2, 0) is 32.6 Å². The van der Waals surface area contributed by atoms with E-state index in [1.807, 2.05) is 95.3 Å². The first kappa shape index (κ1) is 34.2. The summed E-state index contributed by atoms with van der Waals surface area (Å²) in [6.45, 7) is 8.97. The molecule has 4 aromatic rings. The quantitative estimate of drug-likeness (QED) is 0.194. The van der Waals surface area contributed by atoms with Crippen LogP contribution >= 0.6 is 0 Å². The van der Waals surface area contributed by atoms with Crippen molar-refractivity contribution in [3.05, 3.63) is 125 Å². The molecule has 1 unspecified atom stereocenters. The summed E-state index contributed by atoms with van der Waals surface area (Å²) in [6.07, 6.45) is 0.246. The number of hydrogen-bond acceptors (Lipinski definition) is 5. The topological polar surface area (TPSA) is 96.0 Å². The number of hydrogen-bond donors (Lipinski definition) is 1. The molecule has 0 heterocycles. The van der Waals surface area contributed by atoms with Gasteiger partial charge in [0, 0.05) is 19.0 Å². The molecular weight excluding hydrogens is 598 g/mol. The van der Waals surface area contributed by atoms with Crippen LogP contribution in [0.1, 0.15) is 41.7 Å². The molecular formula is C37H43N3O5S. The smallest absolute Gasteiger partial charge is 0.264 e. The molecule has 0 spiro atoms. The Morgan fingerprint density at radius 2 is 1.37 bits per heavy atom. The molecule has 0 aliphatic heterocycles. The van der Waals surface area contributed by atoms with E-state index in [1.54, 1.807) is 24.3 Å². The first-order chi connectivity index (χ1) is 21.9. The van der Waals surface area contributed by atoms with Gasteiger partial charge in [0.1, 0.15) is 18.3 Å². The Hall–Kier alpha value is -4.63. The predicted octanol–water partition coefficient (Wildman–Crippen LogP) is 5.98. The monoisotopic (exact) mass is 641 g/mol. The fourth-order valence-corrected chi connectivity index (χ4v) is 6.59. The molecule has 1 atom stereocenters. The maximum atomic E-state index is 14.6. The average Bonchev–Trinajstić information content (AvgIpc) is 3.02. The first-order valence-corrected chi connectivity index (χ1v) is 16.8. The van der Waals surface area contributed by atoms with Gasteiger partial charge in [0.25, 0.3) is 10.0 Å². The second-order valence-electron chi connectivity index (χ2n) is 11.9. The van der Waals surface area contributed by atoms with Gasteiger partial charge in [0.15, 0.2) is 0 Å². The Kier molecular flexibility index (Phi) is 11.2. The minimum Gasteiger partial charge on any atom is -0.495 e. The van der Waals surface area contributed by atoms with E-state index in [2.05, 4.69) is 5.32 Å². The highest BCUT2D eigenvalue weighted by atomic mass is 32.2. The number of benzene rings is 4. The van der Waals surface area contributed by atoms with Crippen molar-refractivity contribution in [1.82, 2.24) is 10.2 Å². The number of anilines is 1. The van der Waals surface area contributed by atoms with Crippen LogP contribution < -0.4 is 14.4 Å². The average molecular weight is 642 g/mol. The maximum Gasteiger partial charge on any atom is 0.264 e. The molecule has 242 valence electrons. The third-order valence-corrected chi connectivity index (χ3v) is 9.44. The molecule has 2 amide bonds. The fourth-order valence-electron chi connectivity index (χ4n) is 5.17. The SMILES string of the molecule is COc1ccc(C)cc1N(CC(=O)N(Cc1ccc(C)cc1)C(Cc1ccccc1)C(=O)NC(C)C)S(=O)(=O)c1ccc(C)cc1. The lowest BCUT2D eigenvalue weighted by Gasteiger charge is -2.34. The Balaban J connectivity index is 1.85. The van der Waals surface area contributed by atoms with Gasteiger partial charge < -0.3 is 15.0 Å². The summed E-state index contributed by atoms with van der Waals surface area (Å²) in [7, 11) is -2.79. The molecule has 0 fully saturated rings. The second kappa shape index (κ2) is 15.1. The number of carbonyl (C=O) groups is 2. The number of methoxy groups -OCH3 is 1. The van der Waals surface area contributed by atoms with Crippen molar-refractivity contribution in [2.45, 2.75) is 64.6 Å². The van der Waals surface area contributed by atoms with E-state index >= 15 is 0 Å². The van der Waals surface area contributed by atoms with Crippen molar-refractivity contribution in [1.29, 1.82) is 0 Å². The summed E-state index contributed by atoms with van der Waals surface area (Å²) in [6, 6.07) is 27.8. The minimum absolute atomic E-state index is 0.0398. The second-order valence-corrected chi connectivity index (χ2v) is 13.7. The van der Waals surface area contributed by atoms with E-state index in [1.165, 1.54) is 24.1 Å². The van der Waals surface area contributed by atoms with Gasteiger partial charge >= 0.3 is 0 Å². The molecule has 8 nitrogen and oxygen atoms in total. The van der Waals surface area contributed by atoms with E-state index in [0.717, 1.165) is 32.1 Å². The third-order valence-electron chi connectivity index (χ3n) is 7.67. The van der Waals surface area contributed by atoms with Gasteiger partial charge in [0.2, 0.25) is 11.8 Å². The molecule has 0 bridgehead atoms. The van der Waals surface area contributed by atoms with Crippen LogP contribution in [0, 0.1) is 20.8 Å². The molecule has 4 rings (SSSR count). The largest absolute Gasteiger partial charge is 0.495 e. The zero-order valence-electron chi connectivity index (χ0n) is 27.4. The van der Waals surface area contributed by atoms with Gasteiger partial charge in [-0.05, 0) is 75.6 Å². The molecule has 9 heteroatoms. The van der Waals surface area contributed by atoms with Crippen molar-refractivity contribution in [3.63, 3.8) is 0 Å². The number of sulfonamides is 1. The number of amides is 2. The highest BCUT2D eigenvalue weighted by Gasteiger charge is 2.35. The van der Waals surface area contributed by atoms with Gasteiger partial charge in [-0.3, -0.25) is 13.9 Å². The van der Waals surface area contributed by atoms with Crippen LogP contribution in [0.15, 0.2) is 102 Å². The van der Waals surface area contributed by atoms with Crippen molar-refractivity contribution >= 4 is 27.5 Å². The number of rotatable bonds is 13. The standard InChI is InChI=1S/C37H43N3O5S/c1-26(2)38-37(42)34(23-30-10-8-7-9-11-30)39(24-31-17-12-27(3)13-18-31)36(41)25-40(33-22-29(5)16-21-35(33)45-6)46(43,44)32-19-14-28(4)15-20-32/h7-22,26,34H,23-25H2,1-6H3,(H,38,42). The number of aryl methyl sites for hydroxylation is 3. The Morgan fingerprint density at radius 3 is 1.96 bits per heavy atom. The van der Waals surface area contributed by atoms with Crippen LogP contribution in [0.3, 0.4) is 0 Å². The summed E-state index contributed by atoms with van der Waals surface area (Å²) in [4.78, 5) is 30.0. The highest BCUT2D eigenvalue weighted by Crippen LogP contribution is 2.34. The van der Waals surface area contributed by atoms with E-state index in [9.17, 15) is 18.0 Å². The van der Waals surface area contributed by atoms with E-state index in [4.69, 9.17) is 4.74 Å². The van der Waals surface area contributed by atoms with Crippen LogP contribution in [0.25, 0.3) is 0 Å². The molecule has 0 aromatic heterocycles. The van der Waals surface area contributed by atoms with Gasteiger partial charge in [-0.1, -0.05) is 83.9 Å². The minimum atomic E-state index is -4.25. The van der Waals surface area contributed by atoms with Gasteiger partial charge in [0.05, 0.1) is 17.7 Å². The molecule has 4 aromatic carbocycles. The lowest BCUT2D eigenvalue weighted by atomic mass is 10.0. The Bertz CT molecular complexity index is 1740. The van der Waals surface area contributed by atoms with Gasteiger partial charge in [-0.2, -0.15) is 0 Å². The lowest BCUT2D eigenvalue weighted by molar-refractivity contribution is -0.140. The molecule has 0 saturated heterocycles. The number of nitrogens with zero attached hydrogens (tertiary/aromatic N) is 2. The molecule has 0 aliphatic rings. The maximum absolute atomic E-state index is 14.6. The summed E-state index contributed by atoms with van der Waals surface area (Å²) in [5, 5.41) is 2.98. The predicted molar refractivity (Wildman–Crippen MR) is 182 cm³/mol. The van der Waals surface area contributed by atoms with Crippen LogP contribution in [-0.4, -0.2) is 50.9 Å². The fraction of sp³-hybridized carbons (Fsp3) is 0.297. The summed E-state index contributed by atoms with van der Waals surface area (Å²) in [5.41, 5.74) is 4.67. The normalized spacial score (nSPS) is 12.0. The van der Waals surface area contributed by atoms with Crippen LogP contribution in [0.5, 0.6) is 5.75 Å². The van der Waals surface area contributed by atoms with E-state index in [0.29, 0.717) is 5.75 Å². The lowest BCUT2D eigenvalue weighted by Crippen LogP contribution is -2.54. The van der Waals surface area contributed by atoms with Crippen LogP contribution in [0.2, 0.25) is 0 Å². The highest BCUT2D eigenvalue weighted by molar-refractivity contribution is 7.92. The molecule has 46 heavy (non-hydrogen) atoms. The van der Waals surface area contributed by atoms with Crippen LogP contribution in [0.4, 0.5) is 5.69 Å². The molecule has 0 aliphatic carbocycles. The van der Waals surface area contributed by atoms with Gasteiger partial charge in [-0.15, -0.1) is 0 Å². The molecule has 1 N–H and O–H groups in total. The summed E-state index contributed by atoms with van der Waals surface area (Å²) < 4.78 is 35.4. The number of nitrogens with one attached hydrogen (secondary N) is 1. The third kappa shape index (κ3) is 8.54. The number of carbonyl (C=O) groups excluding carboxylic acids is 2. The summed E-state index contributed by atoms with van der Waals surface area (Å²) >= 11 is 0. The van der Waals surface area contributed by atoms with Crippen molar-refractivity contribution in [3.8, 4) is 5.75 Å². The van der Waals surface area contributed by atoms with E-state index < -0.39 is 28.5 Å². The van der Waals surface area contributed by atoms with Gasteiger partial charge in [-0.25, -0.2) is 8.42 Å². The summed E-state index contributed by atoms with van der Waals surface area (Å²) in [5.74, 6) is -0.544.